The SMILES string of the molecule is COc1ccc(/C=C/C(=O)c2ccc(C)s2)cc1COc1ccc(Cl)cc1Br. The standard InChI is InChI=1S/C22H18BrClO3S/c1-14-3-10-22(28-14)19(25)7-4-15-5-8-20(26-2)16(11-15)13-27-21-9-6-17(24)12-18(21)23/h3-12H,13H2,1-2H3/b7-4+. The van der Waals surface area contributed by atoms with Crippen molar-refractivity contribution in [2.75, 3.05) is 7.11 Å². The summed E-state index contributed by atoms with van der Waals surface area (Å²) in [7, 11) is 1.62. The Morgan fingerprint density at radius 3 is 2.61 bits per heavy atom. The van der Waals surface area contributed by atoms with Gasteiger partial charge in [-0.2, -0.15) is 0 Å². The first-order valence-electron chi connectivity index (χ1n) is 8.50. The maximum absolute atomic E-state index is 12.3. The van der Waals surface area contributed by atoms with Crippen molar-refractivity contribution in [3.05, 3.63) is 85.0 Å². The number of hydrogen-bond donors (Lipinski definition) is 0. The molecule has 0 amide bonds. The number of ether oxygens (including phenoxy) is 2. The number of thiophene rings is 1. The molecule has 6 heteroatoms. The fourth-order valence-corrected chi connectivity index (χ4v) is 4.17. The quantitative estimate of drug-likeness (QED) is 0.273. The summed E-state index contributed by atoms with van der Waals surface area (Å²) in [6, 6.07) is 14.9. The first kappa shape index (κ1) is 20.6. The van der Waals surface area contributed by atoms with Gasteiger partial charge in [-0.1, -0.05) is 23.7 Å². The van der Waals surface area contributed by atoms with Crippen LogP contribution in [0, 0.1) is 6.92 Å². The monoisotopic (exact) mass is 476 g/mol. The van der Waals surface area contributed by atoms with Gasteiger partial charge >= 0.3 is 0 Å². The topological polar surface area (TPSA) is 35.5 Å². The molecule has 0 fully saturated rings. The van der Waals surface area contributed by atoms with Crippen LogP contribution in [0.2, 0.25) is 5.02 Å². The van der Waals surface area contributed by atoms with Crippen molar-refractivity contribution in [3.63, 3.8) is 0 Å². The Hall–Kier alpha value is -2.08. The zero-order valence-electron chi connectivity index (χ0n) is 15.4. The van der Waals surface area contributed by atoms with Gasteiger partial charge in [0.25, 0.3) is 0 Å². The second-order valence-corrected chi connectivity index (χ2v) is 8.62. The Bertz CT molecular complexity index is 1030. The zero-order valence-corrected chi connectivity index (χ0v) is 18.5. The third kappa shape index (κ3) is 5.25. The lowest BCUT2D eigenvalue weighted by Crippen LogP contribution is -2.00. The number of carbonyl (C=O) groups is 1. The van der Waals surface area contributed by atoms with Crippen molar-refractivity contribution in [2.24, 2.45) is 0 Å². The minimum absolute atomic E-state index is 0.00295. The molecule has 0 saturated heterocycles. The normalized spacial score (nSPS) is 11.0. The largest absolute Gasteiger partial charge is 0.496 e. The molecule has 3 nitrogen and oxygen atoms in total. The van der Waals surface area contributed by atoms with E-state index < -0.39 is 0 Å². The van der Waals surface area contributed by atoms with E-state index in [9.17, 15) is 4.79 Å². The molecule has 3 rings (SSSR count). The van der Waals surface area contributed by atoms with E-state index in [1.165, 1.54) is 11.3 Å². The van der Waals surface area contributed by atoms with Gasteiger partial charge in [-0.05, 0) is 77.0 Å². The molecule has 2 aromatic carbocycles. The van der Waals surface area contributed by atoms with E-state index in [2.05, 4.69) is 15.9 Å². The highest BCUT2D eigenvalue weighted by molar-refractivity contribution is 9.10. The maximum atomic E-state index is 12.3. The molecular formula is C22H18BrClO3S. The molecule has 0 saturated carbocycles. The zero-order chi connectivity index (χ0) is 20.1. The molecular weight excluding hydrogens is 460 g/mol. The van der Waals surface area contributed by atoms with E-state index in [-0.39, 0.29) is 5.78 Å². The lowest BCUT2D eigenvalue weighted by Gasteiger charge is -2.12. The summed E-state index contributed by atoms with van der Waals surface area (Å²) in [6.07, 6.45) is 3.39. The minimum Gasteiger partial charge on any atom is -0.496 e. The average molecular weight is 478 g/mol. The summed E-state index contributed by atoms with van der Waals surface area (Å²) >= 11 is 10.9. The lowest BCUT2D eigenvalue weighted by atomic mass is 10.1. The van der Waals surface area contributed by atoms with Gasteiger partial charge in [0.1, 0.15) is 18.1 Å². The maximum Gasteiger partial charge on any atom is 0.195 e. The molecule has 0 N–H and O–H groups in total. The summed E-state index contributed by atoms with van der Waals surface area (Å²) in [6.45, 7) is 2.31. The summed E-state index contributed by atoms with van der Waals surface area (Å²) < 4.78 is 12.1. The molecule has 144 valence electrons. The number of benzene rings is 2. The third-order valence-corrected chi connectivity index (χ3v) is 5.86. The molecule has 3 aromatic rings. The van der Waals surface area contributed by atoms with Crippen LogP contribution in [0.5, 0.6) is 11.5 Å². The lowest BCUT2D eigenvalue weighted by molar-refractivity contribution is 0.105. The first-order valence-corrected chi connectivity index (χ1v) is 10.5. The summed E-state index contributed by atoms with van der Waals surface area (Å²) in [5.41, 5.74) is 1.78. The minimum atomic E-state index is -0.00295. The number of carbonyl (C=O) groups excluding carboxylic acids is 1. The third-order valence-electron chi connectivity index (χ3n) is 3.99. The van der Waals surface area contributed by atoms with Crippen molar-refractivity contribution in [2.45, 2.75) is 13.5 Å². The van der Waals surface area contributed by atoms with Crippen LogP contribution in [-0.2, 0) is 6.61 Å². The van der Waals surface area contributed by atoms with Crippen LogP contribution < -0.4 is 9.47 Å². The number of methoxy groups -OCH3 is 1. The molecule has 0 spiro atoms. The molecule has 0 aliphatic rings. The molecule has 28 heavy (non-hydrogen) atoms. The summed E-state index contributed by atoms with van der Waals surface area (Å²) in [5.74, 6) is 1.41. The van der Waals surface area contributed by atoms with E-state index in [0.29, 0.717) is 17.4 Å². The Labute approximate surface area is 181 Å². The van der Waals surface area contributed by atoms with Crippen LogP contribution in [-0.4, -0.2) is 12.9 Å². The van der Waals surface area contributed by atoms with E-state index in [4.69, 9.17) is 21.1 Å². The van der Waals surface area contributed by atoms with Crippen molar-refractivity contribution in [1.29, 1.82) is 0 Å². The highest BCUT2D eigenvalue weighted by Gasteiger charge is 2.08. The van der Waals surface area contributed by atoms with Gasteiger partial charge in [0, 0.05) is 15.5 Å². The molecule has 0 aliphatic heterocycles. The molecule has 0 unspecified atom stereocenters. The van der Waals surface area contributed by atoms with Gasteiger partial charge in [0.15, 0.2) is 5.78 Å². The molecule has 1 aromatic heterocycles. The average Bonchev–Trinajstić information content (AvgIpc) is 3.12. The van der Waals surface area contributed by atoms with Crippen LogP contribution in [0.25, 0.3) is 6.08 Å². The van der Waals surface area contributed by atoms with Crippen LogP contribution in [0.3, 0.4) is 0 Å². The van der Waals surface area contributed by atoms with Gasteiger partial charge in [-0.15, -0.1) is 11.3 Å². The second kappa shape index (κ2) is 9.41. The van der Waals surface area contributed by atoms with E-state index in [1.807, 2.05) is 43.3 Å². The van der Waals surface area contributed by atoms with Gasteiger partial charge in [-0.3, -0.25) is 4.79 Å². The predicted octanol–water partition coefficient (Wildman–Crippen LogP) is 6.96. The molecule has 1 heterocycles. The van der Waals surface area contributed by atoms with Gasteiger partial charge in [0.2, 0.25) is 0 Å². The van der Waals surface area contributed by atoms with Gasteiger partial charge in [0.05, 0.1) is 16.5 Å². The highest BCUT2D eigenvalue weighted by Crippen LogP contribution is 2.30. The fourth-order valence-electron chi connectivity index (χ4n) is 2.58. The van der Waals surface area contributed by atoms with Crippen molar-refractivity contribution >= 4 is 50.7 Å². The smallest absolute Gasteiger partial charge is 0.195 e. The summed E-state index contributed by atoms with van der Waals surface area (Å²) in [5, 5.41) is 0.634. The van der Waals surface area contributed by atoms with Gasteiger partial charge in [-0.25, -0.2) is 0 Å². The Kier molecular flexibility index (Phi) is 6.94. The van der Waals surface area contributed by atoms with Crippen molar-refractivity contribution < 1.29 is 14.3 Å². The number of aryl methyl sites for hydroxylation is 1. The number of ketones is 1. The highest BCUT2D eigenvalue weighted by atomic mass is 79.9. The number of rotatable bonds is 7. The number of allylic oxidation sites excluding steroid dienone is 1. The Morgan fingerprint density at radius 1 is 1.14 bits per heavy atom. The second-order valence-electron chi connectivity index (χ2n) is 6.04. The van der Waals surface area contributed by atoms with Crippen LogP contribution in [0.1, 0.15) is 25.7 Å². The van der Waals surface area contributed by atoms with Gasteiger partial charge < -0.3 is 9.47 Å². The molecule has 0 aliphatic carbocycles. The predicted molar refractivity (Wildman–Crippen MR) is 119 cm³/mol. The van der Waals surface area contributed by atoms with Crippen molar-refractivity contribution in [3.8, 4) is 11.5 Å². The molecule has 0 atom stereocenters. The number of hydrogen-bond acceptors (Lipinski definition) is 4. The Morgan fingerprint density at radius 2 is 1.93 bits per heavy atom. The Balaban J connectivity index is 1.75. The van der Waals surface area contributed by atoms with E-state index in [1.54, 1.807) is 31.4 Å². The molecule has 0 bridgehead atoms. The van der Waals surface area contributed by atoms with Crippen molar-refractivity contribution in [1.82, 2.24) is 0 Å². The van der Waals surface area contributed by atoms with Crippen LogP contribution >= 0.6 is 38.9 Å². The van der Waals surface area contributed by atoms with Crippen LogP contribution in [0.4, 0.5) is 0 Å². The number of halogens is 2. The fraction of sp³-hybridized carbons (Fsp3) is 0.136. The summed E-state index contributed by atoms with van der Waals surface area (Å²) in [4.78, 5) is 14.1. The van der Waals surface area contributed by atoms with E-state index in [0.717, 1.165) is 31.1 Å². The molecule has 0 radical (unpaired) electrons. The van der Waals surface area contributed by atoms with E-state index >= 15 is 0 Å². The first-order chi connectivity index (χ1) is 13.5. The van der Waals surface area contributed by atoms with Crippen LogP contribution in [0.15, 0.2) is 59.1 Å².